The highest BCUT2D eigenvalue weighted by Crippen LogP contribution is 2.34. The molecule has 2 nitrogen and oxygen atoms in total. The molecule has 3 heteroatoms. The summed E-state index contributed by atoms with van der Waals surface area (Å²) >= 11 is 1.89. The van der Waals surface area contributed by atoms with Crippen LogP contribution in [0.5, 0.6) is 0 Å². The van der Waals surface area contributed by atoms with E-state index in [2.05, 4.69) is 37.1 Å². The first kappa shape index (κ1) is 14.0. The lowest BCUT2D eigenvalue weighted by Gasteiger charge is -2.42. The number of nitrogens with two attached hydrogens (primary N) is 1. The van der Waals surface area contributed by atoms with Crippen molar-refractivity contribution in [3.63, 3.8) is 0 Å². The molecule has 102 valence electrons. The van der Waals surface area contributed by atoms with Gasteiger partial charge in [0.05, 0.1) is 0 Å². The van der Waals surface area contributed by atoms with E-state index in [1.807, 2.05) is 11.3 Å². The molecule has 3 unspecified atom stereocenters. The van der Waals surface area contributed by atoms with Crippen LogP contribution in [0.2, 0.25) is 0 Å². The van der Waals surface area contributed by atoms with Gasteiger partial charge in [-0.15, -0.1) is 11.3 Å². The van der Waals surface area contributed by atoms with Crippen LogP contribution in [0.1, 0.15) is 49.6 Å². The summed E-state index contributed by atoms with van der Waals surface area (Å²) in [5, 5.41) is 2.21. The zero-order chi connectivity index (χ0) is 13.1. The number of hydrogen-bond donors (Lipinski definition) is 1. The molecule has 0 aromatic carbocycles. The minimum atomic E-state index is 0.524. The summed E-state index contributed by atoms with van der Waals surface area (Å²) in [6, 6.07) is 3.32. The molecule has 2 rings (SSSR count). The van der Waals surface area contributed by atoms with E-state index in [0.29, 0.717) is 12.1 Å². The number of piperidine rings is 1. The van der Waals surface area contributed by atoms with Crippen LogP contribution in [0.3, 0.4) is 0 Å². The Labute approximate surface area is 115 Å². The van der Waals surface area contributed by atoms with Gasteiger partial charge in [0.25, 0.3) is 0 Å². The summed E-state index contributed by atoms with van der Waals surface area (Å²) in [6.45, 7) is 8.87. The fourth-order valence-electron chi connectivity index (χ4n) is 3.23. The predicted octanol–water partition coefficient (Wildman–Crippen LogP) is 3.57. The maximum absolute atomic E-state index is 6.00. The minimum Gasteiger partial charge on any atom is -0.329 e. The molecule has 1 aliphatic heterocycles. The van der Waals surface area contributed by atoms with Crippen molar-refractivity contribution in [2.75, 3.05) is 13.1 Å². The van der Waals surface area contributed by atoms with E-state index in [0.717, 1.165) is 12.5 Å². The van der Waals surface area contributed by atoms with E-state index in [1.165, 1.54) is 36.2 Å². The van der Waals surface area contributed by atoms with Crippen LogP contribution in [0.15, 0.2) is 11.4 Å². The van der Waals surface area contributed by atoms with Crippen LogP contribution >= 0.6 is 11.3 Å². The standard InChI is InChI=1S/C15H26N2S/c1-4-13-5-7-17(14(9-13)10-16)12(3)15-11(2)6-8-18-15/h6,8,12-14H,4-5,7,9-10,16H2,1-3H3. The first-order valence-electron chi connectivity index (χ1n) is 7.17. The van der Waals surface area contributed by atoms with Crippen molar-refractivity contribution in [2.24, 2.45) is 11.7 Å². The number of rotatable bonds is 4. The largest absolute Gasteiger partial charge is 0.329 e. The number of likely N-dealkylation sites (tertiary alicyclic amines) is 1. The van der Waals surface area contributed by atoms with E-state index in [-0.39, 0.29) is 0 Å². The van der Waals surface area contributed by atoms with Crippen LogP contribution in [-0.2, 0) is 0 Å². The lowest BCUT2D eigenvalue weighted by atomic mass is 9.87. The van der Waals surface area contributed by atoms with Crippen molar-refractivity contribution in [3.8, 4) is 0 Å². The SMILES string of the molecule is CCC1CCN(C(C)c2sccc2C)C(CN)C1. The van der Waals surface area contributed by atoms with E-state index >= 15 is 0 Å². The maximum Gasteiger partial charge on any atom is 0.0419 e. The van der Waals surface area contributed by atoms with E-state index < -0.39 is 0 Å². The van der Waals surface area contributed by atoms with Crippen LogP contribution in [0.4, 0.5) is 0 Å². The quantitative estimate of drug-likeness (QED) is 0.903. The third-order valence-electron chi connectivity index (χ3n) is 4.50. The molecule has 0 spiro atoms. The van der Waals surface area contributed by atoms with Gasteiger partial charge in [0, 0.05) is 23.5 Å². The average molecular weight is 266 g/mol. The van der Waals surface area contributed by atoms with Gasteiger partial charge >= 0.3 is 0 Å². The topological polar surface area (TPSA) is 29.3 Å². The molecule has 1 aromatic rings. The Hall–Kier alpha value is -0.380. The molecule has 2 N–H and O–H groups in total. The van der Waals surface area contributed by atoms with Crippen LogP contribution < -0.4 is 5.73 Å². The third kappa shape index (κ3) is 2.79. The van der Waals surface area contributed by atoms with Crippen molar-refractivity contribution in [3.05, 3.63) is 21.9 Å². The van der Waals surface area contributed by atoms with Crippen LogP contribution in [0.25, 0.3) is 0 Å². The van der Waals surface area contributed by atoms with Crippen molar-refractivity contribution < 1.29 is 0 Å². The van der Waals surface area contributed by atoms with Crippen molar-refractivity contribution in [1.29, 1.82) is 0 Å². The molecule has 3 atom stereocenters. The summed E-state index contributed by atoms with van der Waals surface area (Å²) in [5.74, 6) is 0.881. The maximum atomic E-state index is 6.00. The summed E-state index contributed by atoms with van der Waals surface area (Å²) < 4.78 is 0. The number of hydrogen-bond acceptors (Lipinski definition) is 3. The van der Waals surface area contributed by atoms with Gasteiger partial charge in [0.2, 0.25) is 0 Å². The second-order valence-corrected chi connectivity index (χ2v) is 6.52. The average Bonchev–Trinajstić information content (AvgIpc) is 2.83. The van der Waals surface area contributed by atoms with Gasteiger partial charge in [-0.2, -0.15) is 0 Å². The van der Waals surface area contributed by atoms with Gasteiger partial charge in [-0.3, -0.25) is 4.90 Å². The molecule has 18 heavy (non-hydrogen) atoms. The fourth-order valence-corrected chi connectivity index (χ4v) is 4.23. The van der Waals surface area contributed by atoms with Gasteiger partial charge in [-0.1, -0.05) is 13.3 Å². The minimum absolute atomic E-state index is 0.524. The Balaban J connectivity index is 2.10. The third-order valence-corrected chi connectivity index (χ3v) is 5.69. The molecule has 0 radical (unpaired) electrons. The predicted molar refractivity (Wildman–Crippen MR) is 80.0 cm³/mol. The van der Waals surface area contributed by atoms with Gasteiger partial charge in [-0.05, 0) is 56.2 Å². The lowest BCUT2D eigenvalue weighted by Crippen LogP contribution is -2.47. The fraction of sp³-hybridized carbons (Fsp3) is 0.733. The monoisotopic (exact) mass is 266 g/mol. The lowest BCUT2D eigenvalue weighted by molar-refractivity contribution is 0.0784. The second-order valence-electron chi connectivity index (χ2n) is 5.57. The smallest absolute Gasteiger partial charge is 0.0419 e. The van der Waals surface area contributed by atoms with Crippen LogP contribution in [-0.4, -0.2) is 24.0 Å². The molecular formula is C15H26N2S. The summed E-state index contributed by atoms with van der Waals surface area (Å²) in [5.41, 5.74) is 7.43. The molecule has 2 heterocycles. The highest BCUT2D eigenvalue weighted by molar-refractivity contribution is 7.10. The Morgan fingerprint density at radius 1 is 1.56 bits per heavy atom. The Morgan fingerprint density at radius 2 is 2.33 bits per heavy atom. The molecule has 0 saturated carbocycles. The molecular weight excluding hydrogens is 240 g/mol. The molecule has 0 bridgehead atoms. The zero-order valence-corrected chi connectivity index (χ0v) is 12.7. The van der Waals surface area contributed by atoms with Crippen molar-refractivity contribution in [2.45, 2.75) is 52.1 Å². The highest BCUT2D eigenvalue weighted by atomic mass is 32.1. The Morgan fingerprint density at radius 3 is 2.89 bits per heavy atom. The van der Waals surface area contributed by atoms with E-state index in [4.69, 9.17) is 5.73 Å². The highest BCUT2D eigenvalue weighted by Gasteiger charge is 2.31. The summed E-state index contributed by atoms with van der Waals surface area (Å²) in [6.07, 6.45) is 3.92. The summed E-state index contributed by atoms with van der Waals surface area (Å²) in [4.78, 5) is 4.15. The van der Waals surface area contributed by atoms with Crippen LogP contribution in [0, 0.1) is 12.8 Å². The van der Waals surface area contributed by atoms with E-state index in [1.54, 1.807) is 0 Å². The van der Waals surface area contributed by atoms with E-state index in [9.17, 15) is 0 Å². The Kier molecular flexibility index (Phi) is 4.82. The second kappa shape index (κ2) is 6.18. The molecule has 1 saturated heterocycles. The molecule has 1 aromatic heterocycles. The molecule has 0 amide bonds. The number of thiophene rings is 1. The number of aryl methyl sites for hydroxylation is 1. The van der Waals surface area contributed by atoms with Gasteiger partial charge in [-0.25, -0.2) is 0 Å². The van der Waals surface area contributed by atoms with Crippen molar-refractivity contribution in [1.82, 2.24) is 4.90 Å². The summed E-state index contributed by atoms with van der Waals surface area (Å²) in [7, 11) is 0. The normalized spacial score (nSPS) is 27.3. The van der Waals surface area contributed by atoms with Gasteiger partial charge in [0.1, 0.15) is 0 Å². The van der Waals surface area contributed by atoms with Gasteiger partial charge in [0.15, 0.2) is 0 Å². The Bertz CT molecular complexity index is 374. The molecule has 0 aliphatic carbocycles. The molecule has 1 aliphatic rings. The van der Waals surface area contributed by atoms with Gasteiger partial charge < -0.3 is 5.73 Å². The molecule has 1 fully saturated rings. The first-order chi connectivity index (χ1) is 8.67. The number of nitrogens with zero attached hydrogens (tertiary/aromatic N) is 1. The zero-order valence-electron chi connectivity index (χ0n) is 11.9. The van der Waals surface area contributed by atoms with Crippen molar-refractivity contribution >= 4 is 11.3 Å². The first-order valence-corrected chi connectivity index (χ1v) is 8.05.